The van der Waals surface area contributed by atoms with Gasteiger partial charge < -0.3 is 8.98 Å². The highest BCUT2D eigenvalue weighted by molar-refractivity contribution is 7.99. The van der Waals surface area contributed by atoms with E-state index in [4.69, 9.17) is 4.42 Å². The van der Waals surface area contributed by atoms with Crippen LogP contribution in [0.1, 0.15) is 34.4 Å². The lowest BCUT2D eigenvalue weighted by Crippen LogP contribution is -2.08. The molecule has 3 rings (SSSR count). The van der Waals surface area contributed by atoms with Crippen LogP contribution in [0.5, 0.6) is 0 Å². The summed E-state index contributed by atoms with van der Waals surface area (Å²) >= 11 is 1.34. The van der Waals surface area contributed by atoms with Gasteiger partial charge >= 0.3 is 0 Å². The van der Waals surface area contributed by atoms with Gasteiger partial charge in [0.25, 0.3) is 0 Å². The Morgan fingerprint density at radius 1 is 1.38 bits per heavy atom. The Hall–Kier alpha value is -2.35. The Bertz CT molecular complexity index is 835. The van der Waals surface area contributed by atoms with Gasteiger partial charge in [-0.15, -0.1) is 5.10 Å². The van der Waals surface area contributed by atoms with E-state index in [-0.39, 0.29) is 5.78 Å². The molecule has 0 radical (unpaired) electrons. The standard InChI is InChI=1S/C16H19N5O2S/c1-4-20-11(2)8-14(12(20)3)15(22)10-24-16-17-18-19-21(16)9-13-6-5-7-23-13/h5-8H,4,9-10H2,1-3H3. The van der Waals surface area contributed by atoms with Crippen LogP contribution >= 0.6 is 11.8 Å². The third-order valence-electron chi connectivity index (χ3n) is 3.91. The summed E-state index contributed by atoms with van der Waals surface area (Å²) < 4.78 is 9.07. The van der Waals surface area contributed by atoms with E-state index in [1.807, 2.05) is 32.0 Å². The van der Waals surface area contributed by atoms with E-state index in [0.29, 0.717) is 17.5 Å². The van der Waals surface area contributed by atoms with Gasteiger partial charge in [0.2, 0.25) is 5.16 Å². The van der Waals surface area contributed by atoms with E-state index in [0.717, 1.165) is 29.3 Å². The van der Waals surface area contributed by atoms with Gasteiger partial charge in [0.15, 0.2) is 5.78 Å². The van der Waals surface area contributed by atoms with E-state index in [9.17, 15) is 4.79 Å². The van der Waals surface area contributed by atoms with Crippen LogP contribution in [0.3, 0.4) is 0 Å². The molecule has 0 spiro atoms. The van der Waals surface area contributed by atoms with Crippen molar-refractivity contribution in [1.29, 1.82) is 0 Å². The van der Waals surface area contributed by atoms with E-state index in [2.05, 4.69) is 27.0 Å². The van der Waals surface area contributed by atoms with Gasteiger partial charge in [-0.3, -0.25) is 4.79 Å². The molecule has 0 unspecified atom stereocenters. The maximum absolute atomic E-state index is 12.5. The predicted molar refractivity (Wildman–Crippen MR) is 90.3 cm³/mol. The molecule has 0 saturated carbocycles. The van der Waals surface area contributed by atoms with Crippen LogP contribution in [0.4, 0.5) is 0 Å². The Balaban J connectivity index is 1.68. The van der Waals surface area contributed by atoms with Crippen molar-refractivity contribution < 1.29 is 9.21 Å². The minimum Gasteiger partial charge on any atom is -0.467 e. The summed E-state index contributed by atoms with van der Waals surface area (Å²) in [7, 11) is 0. The smallest absolute Gasteiger partial charge is 0.210 e. The van der Waals surface area contributed by atoms with Crippen molar-refractivity contribution in [2.24, 2.45) is 0 Å². The average molecular weight is 345 g/mol. The third-order valence-corrected chi connectivity index (χ3v) is 4.86. The first-order valence-electron chi connectivity index (χ1n) is 7.71. The zero-order chi connectivity index (χ0) is 17.1. The number of aromatic nitrogens is 5. The Morgan fingerprint density at radius 2 is 2.21 bits per heavy atom. The second-order valence-electron chi connectivity index (χ2n) is 5.44. The fraction of sp³-hybridized carbons (Fsp3) is 0.375. The quantitative estimate of drug-likeness (QED) is 0.484. The van der Waals surface area contributed by atoms with Gasteiger partial charge in [-0.25, -0.2) is 4.68 Å². The summed E-state index contributed by atoms with van der Waals surface area (Å²) in [6, 6.07) is 5.63. The molecule has 3 heterocycles. The van der Waals surface area contributed by atoms with Crippen LogP contribution in [-0.2, 0) is 13.1 Å². The molecule has 0 aliphatic heterocycles. The second-order valence-corrected chi connectivity index (χ2v) is 6.38. The minimum atomic E-state index is 0.0837. The number of Topliss-reactive ketones (excluding diaryl/α,β-unsaturated/α-hetero) is 1. The first-order valence-corrected chi connectivity index (χ1v) is 8.70. The first kappa shape index (κ1) is 16.5. The van der Waals surface area contributed by atoms with Crippen molar-refractivity contribution >= 4 is 17.5 Å². The van der Waals surface area contributed by atoms with E-state index in [1.165, 1.54) is 11.8 Å². The molecule has 0 aliphatic rings. The average Bonchev–Trinajstić information content (AvgIpc) is 3.28. The highest BCUT2D eigenvalue weighted by Crippen LogP contribution is 2.21. The molecule has 0 amide bonds. The molecule has 8 heteroatoms. The van der Waals surface area contributed by atoms with E-state index >= 15 is 0 Å². The van der Waals surface area contributed by atoms with Crippen molar-refractivity contribution in [2.45, 2.75) is 39.0 Å². The number of rotatable bonds is 7. The van der Waals surface area contributed by atoms with E-state index < -0.39 is 0 Å². The van der Waals surface area contributed by atoms with Gasteiger partial charge in [-0.2, -0.15) is 0 Å². The van der Waals surface area contributed by atoms with Crippen molar-refractivity contribution in [3.63, 3.8) is 0 Å². The van der Waals surface area contributed by atoms with Gasteiger partial charge in [-0.1, -0.05) is 11.8 Å². The maximum Gasteiger partial charge on any atom is 0.210 e. The lowest BCUT2D eigenvalue weighted by molar-refractivity contribution is 0.102. The molecule has 0 aromatic carbocycles. The number of carbonyl (C=O) groups excluding carboxylic acids is 1. The zero-order valence-corrected chi connectivity index (χ0v) is 14.7. The van der Waals surface area contributed by atoms with Crippen molar-refractivity contribution in [3.8, 4) is 0 Å². The number of tetrazole rings is 1. The zero-order valence-electron chi connectivity index (χ0n) is 13.9. The summed E-state index contributed by atoms with van der Waals surface area (Å²) in [6.45, 7) is 7.38. The normalized spacial score (nSPS) is 11.1. The van der Waals surface area contributed by atoms with Crippen LogP contribution in [0, 0.1) is 13.8 Å². The van der Waals surface area contributed by atoms with Crippen molar-refractivity contribution in [3.05, 3.63) is 47.2 Å². The molecule has 0 bridgehead atoms. The van der Waals surface area contributed by atoms with Crippen LogP contribution in [-0.4, -0.2) is 36.3 Å². The Morgan fingerprint density at radius 3 is 2.88 bits per heavy atom. The number of carbonyl (C=O) groups is 1. The Kier molecular flexibility index (Phi) is 4.84. The summed E-state index contributed by atoms with van der Waals surface area (Å²) in [5.41, 5.74) is 2.88. The van der Waals surface area contributed by atoms with Gasteiger partial charge in [0.1, 0.15) is 12.3 Å². The second kappa shape index (κ2) is 7.04. The van der Waals surface area contributed by atoms with Crippen LogP contribution in [0.15, 0.2) is 34.0 Å². The molecule has 0 fully saturated rings. The predicted octanol–water partition coefficient (Wildman–Crippen LogP) is 2.73. The SMILES string of the molecule is CCn1c(C)cc(C(=O)CSc2nnnn2Cc2ccco2)c1C. The molecule has 0 atom stereocenters. The molecule has 3 aromatic rings. The molecule has 0 aliphatic carbocycles. The largest absolute Gasteiger partial charge is 0.467 e. The highest BCUT2D eigenvalue weighted by atomic mass is 32.2. The number of ketones is 1. The maximum atomic E-state index is 12.5. The summed E-state index contributed by atoms with van der Waals surface area (Å²) in [5, 5.41) is 12.2. The number of furan rings is 1. The molecule has 7 nitrogen and oxygen atoms in total. The fourth-order valence-corrected chi connectivity index (χ4v) is 3.49. The topological polar surface area (TPSA) is 78.7 Å². The lowest BCUT2D eigenvalue weighted by Gasteiger charge is -2.05. The summed E-state index contributed by atoms with van der Waals surface area (Å²) in [4.78, 5) is 12.5. The Labute approximate surface area is 144 Å². The number of hydrogen-bond acceptors (Lipinski definition) is 6. The molecule has 126 valence electrons. The molecule has 0 N–H and O–H groups in total. The van der Waals surface area contributed by atoms with Crippen LogP contribution in [0.2, 0.25) is 0 Å². The van der Waals surface area contributed by atoms with Crippen molar-refractivity contribution in [2.75, 3.05) is 5.75 Å². The molecular formula is C16H19N5O2S. The number of nitrogens with zero attached hydrogens (tertiary/aromatic N) is 5. The number of aryl methyl sites for hydroxylation is 1. The third kappa shape index (κ3) is 3.28. The molecule has 24 heavy (non-hydrogen) atoms. The first-order chi connectivity index (χ1) is 11.6. The van der Waals surface area contributed by atoms with Crippen LogP contribution < -0.4 is 0 Å². The number of hydrogen-bond donors (Lipinski definition) is 0. The van der Waals surface area contributed by atoms with Gasteiger partial charge in [-0.05, 0) is 49.4 Å². The molecule has 3 aromatic heterocycles. The minimum absolute atomic E-state index is 0.0837. The van der Waals surface area contributed by atoms with Gasteiger partial charge in [0, 0.05) is 23.5 Å². The number of thioether (sulfide) groups is 1. The molecule has 0 saturated heterocycles. The van der Waals surface area contributed by atoms with Crippen molar-refractivity contribution in [1.82, 2.24) is 24.8 Å². The highest BCUT2D eigenvalue weighted by Gasteiger charge is 2.17. The fourth-order valence-electron chi connectivity index (χ4n) is 2.73. The summed E-state index contributed by atoms with van der Waals surface area (Å²) in [5.74, 6) is 1.15. The molecular weight excluding hydrogens is 326 g/mol. The monoisotopic (exact) mass is 345 g/mol. The van der Waals surface area contributed by atoms with E-state index in [1.54, 1.807) is 10.9 Å². The lowest BCUT2D eigenvalue weighted by atomic mass is 10.2. The van der Waals surface area contributed by atoms with Crippen LogP contribution in [0.25, 0.3) is 0 Å². The van der Waals surface area contributed by atoms with Gasteiger partial charge in [0.05, 0.1) is 12.0 Å². The summed E-state index contributed by atoms with van der Waals surface area (Å²) in [6.07, 6.45) is 1.61.